The lowest BCUT2D eigenvalue weighted by Crippen LogP contribution is -2.17. The van der Waals surface area contributed by atoms with Gasteiger partial charge in [-0.1, -0.05) is 23.2 Å². The minimum atomic E-state index is -0.555. The van der Waals surface area contributed by atoms with E-state index in [1.807, 2.05) is 0 Å². The van der Waals surface area contributed by atoms with Gasteiger partial charge in [0, 0.05) is 17.6 Å². The van der Waals surface area contributed by atoms with Gasteiger partial charge in [-0.05, 0) is 24.3 Å². The first-order chi connectivity index (χ1) is 9.97. The third-order valence-corrected chi connectivity index (χ3v) is 3.49. The summed E-state index contributed by atoms with van der Waals surface area (Å²) in [5.74, 6) is -0.555. The quantitative estimate of drug-likeness (QED) is 0.644. The van der Waals surface area contributed by atoms with Crippen LogP contribution in [0.1, 0.15) is 0 Å². The molecule has 21 heavy (non-hydrogen) atoms. The van der Waals surface area contributed by atoms with Crippen LogP contribution in [0.3, 0.4) is 0 Å². The molecule has 0 aliphatic carbocycles. The summed E-state index contributed by atoms with van der Waals surface area (Å²) >= 11 is 11.7. The van der Waals surface area contributed by atoms with Gasteiger partial charge in [-0.3, -0.25) is 4.79 Å². The van der Waals surface area contributed by atoms with E-state index in [9.17, 15) is 9.18 Å². The molecule has 0 atom stereocenters. The Balaban J connectivity index is 2.42. The van der Waals surface area contributed by atoms with Crippen molar-refractivity contribution in [2.45, 2.75) is 0 Å². The fourth-order valence-electron chi connectivity index (χ4n) is 2.06. The number of benzene rings is 1. The molecule has 0 spiro atoms. The van der Waals surface area contributed by atoms with E-state index >= 15 is 0 Å². The molecule has 0 radical (unpaired) electrons. The van der Waals surface area contributed by atoms with Crippen molar-refractivity contribution in [3.63, 3.8) is 0 Å². The minimum Gasteiger partial charge on any atom is -0.302 e. The average molecular weight is 324 g/mol. The molecule has 2 aromatic heterocycles. The van der Waals surface area contributed by atoms with E-state index in [1.54, 1.807) is 7.05 Å². The molecule has 0 amide bonds. The number of aromatic nitrogens is 3. The molecule has 4 nitrogen and oxygen atoms in total. The third kappa shape index (κ3) is 2.39. The predicted molar refractivity (Wildman–Crippen MR) is 80.2 cm³/mol. The van der Waals surface area contributed by atoms with Crippen LogP contribution in [0.25, 0.3) is 22.2 Å². The Morgan fingerprint density at radius 2 is 2.00 bits per heavy atom. The van der Waals surface area contributed by atoms with E-state index < -0.39 is 5.82 Å². The van der Waals surface area contributed by atoms with Gasteiger partial charge in [-0.25, -0.2) is 14.4 Å². The Morgan fingerprint density at radius 3 is 2.71 bits per heavy atom. The van der Waals surface area contributed by atoms with Gasteiger partial charge in [0.25, 0.3) is 5.56 Å². The van der Waals surface area contributed by atoms with E-state index in [4.69, 9.17) is 23.2 Å². The maximum absolute atomic E-state index is 14.1. The highest BCUT2D eigenvalue weighted by Crippen LogP contribution is 2.29. The summed E-state index contributed by atoms with van der Waals surface area (Å²) in [7, 11) is 1.58. The average Bonchev–Trinajstić information content (AvgIpc) is 2.43. The normalized spacial score (nSPS) is 11.0. The molecule has 0 saturated carbocycles. The van der Waals surface area contributed by atoms with Crippen molar-refractivity contribution >= 4 is 34.1 Å². The first-order valence-electron chi connectivity index (χ1n) is 5.94. The van der Waals surface area contributed by atoms with Gasteiger partial charge >= 0.3 is 0 Å². The van der Waals surface area contributed by atoms with Gasteiger partial charge in [-0.2, -0.15) is 0 Å². The second-order valence-electron chi connectivity index (χ2n) is 4.47. The molecule has 1 aromatic carbocycles. The summed E-state index contributed by atoms with van der Waals surface area (Å²) in [4.78, 5) is 20.4. The predicted octanol–water partition coefficient (Wildman–Crippen LogP) is 3.44. The number of fused-ring (bicyclic) bond motifs is 1. The van der Waals surface area contributed by atoms with Gasteiger partial charge in [0.2, 0.25) is 0 Å². The van der Waals surface area contributed by atoms with Crippen LogP contribution in [0.5, 0.6) is 0 Å². The summed E-state index contributed by atoms with van der Waals surface area (Å²) in [6.45, 7) is 0. The van der Waals surface area contributed by atoms with Gasteiger partial charge in [0.15, 0.2) is 0 Å². The van der Waals surface area contributed by atoms with Crippen molar-refractivity contribution in [1.29, 1.82) is 0 Å². The van der Waals surface area contributed by atoms with Crippen LogP contribution in [0, 0.1) is 5.82 Å². The largest absolute Gasteiger partial charge is 0.302 e. The molecule has 0 aliphatic heterocycles. The lowest BCUT2D eigenvalue weighted by Gasteiger charge is -2.08. The van der Waals surface area contributed by atoms with Crippen LogP contribution < -0.4 is 5.56 Å². The van der Waals surface area contributed by atoms with E-state index in [0.717, 1.165) is 0 Å². The third-order valence-electron chi connectivity index (χ3n) is 3.06. The number of rotatable bonds is 1. The highest BCUT2D eigenvalue weighted by atomic mass is 35.5. The number of halogens is 3. The number of nitrogens with zero attached hydrogens (tertiary/aromatic N) is 3. The maximum Gasteiger partial charge on any atom is 0.261 e. The fourth-order valence-corrected chi connectivity index (χ4v) is 2.41. The van der Waals surface area contributed by atoms with Crippen molar-refractivity contribution in [1.82, 2.24) is 14.5 Å². The highest BCUT2D eigenvalue weighted by Gasteiger charge is 2.15. The summed E-state index contributed by atoms with van der Waals surface area (Å²) < 4.78 is 15.4. The minimum absolute atomic E-state index is 0.0944. The summed E-state index contributed by atoms with van der Waals surface area (Å²) in [6.07, 6.45) is 1.36. The molecule has 3 rings (SSSR count). The van der Waals surface area contributed by atoms with Crippen molar-refractivity contribution in [2.75, 3.05) is 0 Å². The summed E-state index contributed by atoms with van der Waals surface area (Å²) in [5, 5.41) is 0.646. The topological polar surface area (TPSA) is 47.8 Å². The van der Waals surface area contributed by atoms with Crippen LogP contribution in [0.15, 0.2) is 35.4 Å². The molecular weight excluding hydrogens is 316 g/mol. The highest BCUT2D eigenvalue weighted by molar-refractivity contribution is 6.31. The fraction of sp³-hybridized carbons (Fsp3) is 0.0714. The molecule has 0 saturated heterocycles. The standard InChI is InChI=1S/C14H8Cl2FN3O/c1-20-6-18-12-9(14(20)21)5-11(16)19-13(12)8-3-2-7(15)4-10(8)17/h2-6H,1H3. The first kappa shape index (κ1) is 14.0. The molecule has 0 bridgehead atoms. The number of hydrogen-bond donors (Lipinski definition) is 0. The maximum atomic E-state index is 14.1. The van der Waals surface area contributed by atoms with Crippen molar-refractivity contribution in [3.05, 3.63) is 56.9 Å². The Morgan fingerprint density at radius 1 is 1.24 bits per heavy atom. The van der Waals surface area contributed by atoms with Gasteiger partial charge in [0.1, 0.15) is 22.2 Å². The first-order valence-corrected chi connectivity index (χ1v) is 6.70. The van der Waals surface area contributed by atoms with E-state index in [0.29, 0.717) is 5.52 Å². The molecule has 106 valence electrons. The number of hydrogen-bond acceptors (Lipinski definition) is 3. The van der Waals surface area contributed by atoms with Crippen LogP contribution in [0.4, 0.5) is 4.39 Å². The molecule has 3 aromatic rings. The lowest BCUT2D eigenvalue weighted by molar-refractivity contribution is 0.631. The molecule has 0 aliphatic rings. The van der Waals surface area contributed by atoms with Crippen molar-refractivity contribution in [3.8, 4) is 11.3 Å². The Hall–Kier alpha value is -1.98. The monoisotopic (exact) mass is 323 g/mol. The second kappa shape index (κ2) is 5.09. The molecule has 0 fully saturated rings. The second-order valence-corrected chi connectivity index (χ2v) is 5.30. The lowest BCUT2D eigenvalue weighted by atomic mass is 10.1. The molecule has 0 unspecified atom stereocenters. The Labute approximate surface area is 128 Å². The van der Waals surface area contributed by atoms with Gasteiger partial charge in [-0.15, -0.1) is 0 Å². The van der Waals surface area contributed by atoms with Crippen LogP contribution in [0.2, 0.25) is 10.2 Å². The van der Waals surface area contributed by atoms with Crippen LogP contribution in [-0.4, -0.2) is 14.5 Å². The van der Waals surface area contributed by atoms with Crippen LogP contribution in [-0.2, 0) is 7.05 Å². The molecule has 0 N–H and O–H groups in total. The molecule has 7 heteroatoms. The summed E-state index contributed by atoms with van der Waals surface area (Å²) in [5.41, 5.74) is 0.417. The summed E-state index contributed by atoms with van der Waals surface area (Å²) in [6, 6.07) is 5.61. The van der Waals surface area contributed by atoms with Crippen molar-refractivity contribution in [2.24, 2.45) is 7.05 Å². The van der Waals surface area contributed by atoms with E-state index in [1.165, 1.54) is 35.2 Å². The van der Waals surface area contributed by atoms with E-state index in [-0.39, 0.29) is 32.4 Å². The Bertz CT molecular complexity index is 924. The number of pyridine rings is 1. The van der Waals surface area contributed by atoms with E-state index in [2.05, 4.69) is 9.97 Å². The Kier molecular flexibility index (Phi) is 3.39. The molecule has 2 heterocycles. The smallest absolute Gasteiger partial charge is 0.261 e. The zero-order valence-corrected chi connectivity index (χ0v) is 12.3. The van der Waals surface area contributed by atoms with Gasteiger partial charge < -0.3 is 4.57 Å². The number of aryl methyl sites for hydroxylation is 1. The SMILES string of the molecule is Cn1cnc2c(-c3ccc(Cl)cc3F)nc(Cl)cc2c1=O. The zero-order valence-electron chi connectivity index (χ0n) is 10.8. The van der Waals surface area contributed by atoms with Crippen molar-refractivity contribution < 1.29 is 4.39 Å². The van der Waals surface area contributed by atoms with Gasteiger partial charge in [0.05, 0.1) is 11.7 Å². The van der Waals surface area contributed by atoms with Crippen LogP contribution >= 0.6 is 23.2 Å². The zero-order chi connectivity index (χ0) is 15.1. The molecular formula is C14H8Cl2FN3O.